The van der Waals surface area contributed by atoms with Gasteiger partial charge in [-0.1, -0.05) is 0 Å². The largest absolute Gasteiger partial charge is 0.366 e. The van der Waals surface area contributed by atoms with Crippen molar-refractivity contribution in [2.24, 2.45) is 18.5 Å². The molecule has 2 aromatic rings. The molecule has 0 unspecified atom stereocenters. The maximum atomic E-state index is 11.1. The minimum Gasteiger partial charge on any atom is -0.366 e. The number of nitrogens with zero attached hydrogens (tertiary/aromatic N) is 4. The number of rotatable bonds is 4. The molecule has 96 valence electrons. The van der Waals surface area contributed by atoms with Gasteiger partial charge in [-0.15, -0.1) is 0 Å². The monoisotopic (exact) mass is 248 g/mol. The van der Waals surface area contributed by atoms with Gasteiger partial charge in [-0.2, -0.15) is 10.2 Å². The Bertz CT molecular complexity index is 582. The molecule has 7 nitrogen and oxygen atoms in total. The first-order valence-electron chi connectivity index (χ1n) is 5.62. The van der Waals surface area contributed by atoms with Crippen molar-refractivity contribution in [1.82, 2.24) is 19.6 Å². The van der Waals surface area contributed by atoms with Crippen molar-refractivity contribution < 1.29 is 4.79 Å². The van der Waals surface area contributed by atoms with Gasteiger partial charge in [0.05, 0.1) is 17.5 Å². The van der Waals surface area contributed by atoms with Gasteiger partial charge in [0.15, 0.2) is 5.82 Å². The molecule has 2 aromatic heterocycles. The molecule has 0 atom stereocenters. The summed E-state index contributed by atoms with van der Waals surface area (Å²) in [6.07, 6.45) is 3.75. The van der Waals surface area contributed by atoms with Crippen LogP contribution in [0, 0.1) is 6.92 Å². The number of carbonyl (C=O) groups is 1. The quantitative estimate of drug-likeness (QED) is 0.762. The van der Waals surface area contributed by atoms with E-state index in [1.165, 1.54) is 6.20 Å². The molecule has 0 aliphatic carbocycles. The first-order valence-corrected chi connectivity index (χ1v) is 5.62. The third-order valence-corrected chi connectivity index (χ3v) is 2.79. The van der Waals surface area contributed by atoms with E-state index in [-0.39, 0.29) is 0 Å². The zero-order chi connectivity index (χ0) is 13.3. The van der Waals surface area contributed by atoms with E-state index < -0.39 is 5.91 Å². The highest BCUT2D eigenvalue weighted by Crippen LogP contribution is 2.18. The van der Waals surface area contributed by atoms with Crippen molar-refractivity contribution in [2.75, 3.05) is 6.54 Å². The molecule has 0 saturated carbocycles. The number of primary amides is 1. The minimum atomic E-state index is -0.500. The van der Waals surface area contributed by atoms with Crippen LogP contribution in [0.1, 0.15) is 21.6 Å². The highest BCUT2D eigenvalue weighted by atomic mass is 16.1. The summed E-state index contributed by atoms with van der Waals surface area (Å²) in [6, 6.07) is 0. The predicted octanol–water partition coefficient (Wildman–Crippen LogP) is -0.486. The van der Waals surface area contributed by atoms with Gasteiger partial charge in [0, 0.05) is 18.8 Å². The highest BCUT2D eigenvalue weighted by molar-refractivity contribution is 5.92. The summed E-state index contributed by atoms with van der Waals surface area (Å²) in [5.74, 6) is 0.311. The predicted molar refractivity (Wildman–Crippen MR) is 66.3 cm³/mol. The average Bonchev–Trinajstić information content (AvgIpc) is 2.86. The Morgan fingerprint density at radius 1 is 1.50 bits per heavy atom. The number of amides is 1. The summed E-state index contributed by atoms with van der Waals surface area (Å²) >= 11 is 0. The van der Waals surface area contributed by atoms with Crippen LogP contribution in [0.4, 0.5) is 0 Å². The van der Waals surface area contributed by atoms with Crippen LogP contribution < -0.4 is 11.5 Å². The average molecular weight is 248 g/mol. The Balaban J connectivity index is 2.51. The first-order chi connectivity index (χ1) is 8.54. The SMILES string of the molecule is Cc1nn(C)c(-n2cc(C(N)=O)cn2)c1CCN. The molecule has 2 rings (SSSR count). The van der Waals surface area contributed by atoms with Crippen molar-refractivity contribution in [1.29, 1.82) is 0 Å². The zero-order valence-corrected chi connectivity index (χ0v) is 10.4. The maximum Gasteiger partial charge on any atom is 0.251 e. The molecular weight excluding hydrogens is 232 g/mol. The van der Waals surface area contributed by atoms with Gasteiger partial charge < -0.3 is 11.5 Å². The van der Waals surface area contributed by atoms with Crippen molar-refractivity contribution in [2.45, 2.75) is 13.3 Å². The lowest BCUT2D eigenvalue weighted by Crippen LogP contribution is -2.11. The van der Waals surface area contributed by atoms with Crippen LogP contribution in [-0.4, -0.2) is 32.0 Å². The number of nitrogens with two attached hydrogens (primary N) is 2. The molecule has 4 N–H and O–H groups in total. The van der Waals surface area contributed by atoms with Gasteiger partial charge in [0.1, 0.15) is 0 Å². The molecule has 1 amide bonds. The fourth-order valence-electron chi connectivity index (χ4n) is 1.98. The van der Waals surface area contributed by atoms with E-state index in [0.29, 0.717) is 18.5 Å². The third-order valence-electron chi connectivity index (χ3n) is 2.79. The molecule has 0 bridgehead atoms. The summed E-state index contributed by atoms with van der Waals surface area (Å²) in [5.41, 5.74) is 13.1. The Kier molecular flexibility index (Phi) is 3.15. The Labute approximate surface area is 104 Å². The molecular formula is C11H16N6O. The molecule has 0 aliphatic rings. The number of aryl methyl sites for hydroxylation is 2. The number of hydrogen-bond acceptors (Lipinski definition) is 4. The van der Waals surface area contributed by atoms with Gasteiger partial charge in [-0.25, -0.2) is 4.68 Å². The van der Waals surface area contributed by atoms with Gasteiger partial charge in [0.2, 0.25) is 0 Å². The minimum absolute atomic E-state index is 0.368. The van der Waals surface area contributed by atoms with E-state index in [1.54, 1.807) is 15.6 Å². The molecule has 0 aliphatic heterocycles. The summed E-state index contributed by atoms with van der Waals surface area (Å²) in [4.78, 5) is 11.1. The summed E-state index contributed by atoms with van der Waals surface area (Å²) in [7, 11) is 1.83. The molecule has 0 radical (unpaired) electrons. The topological polar surface area (TPSA) is 105 Å². The fourth-order valence-corrected chi connectivity index (χ4v) is 1.98. The van der Waals surface area contributed by atoms with Crippen LogP contribution in [0.15, 0.2) is 12.4 Å². The Hall–Kier alpha value is -2.15. The maximum absolute atomic E-state index is 11.1. The van der Waals surface area contributed by atoms with E-state index >= 15 is 0 Å². The van der Waals surface area contributed by atoms with E-state index in [2.05, 4.69) is 10.2 Å². The number of aromatic nitrogens is 4. The van der Waals surface area contributed by atoms with Crippen molar-refractivity contribution in [3.05, 3.63) is 29.2 Å². The lowest BCUT2D eigenvalue weighted by molar-refractivity contribution is 0.100. The second-order valence-corrected chi connectivity index (χ2v) is 4.09. The van der Waals surface area contributed by atoms with Crippen LogP contribution in [0.2, 0.25) is 0 Å². The van der Waals surface area contributed by atoms with Crippen LogP contribution in [0.5, 0.6) is 0 Å². The van der Waals surface area contributed by atoms with Gasteiger partial charge >= 0.3 is 0 Å². The lowest BCUT2D eigenvalue weighted by Gasteiger charge is -2.05. The van der Waals surface area contributed by atoms with E-state index in [0.717, 1.165) is 17.1 Å². The normalized spacial score (nSPS) is 10.8. The molecule has 2 heterocycles. The molecule has 0 spiro atoms. The molecule has 18 heavy (non-hydrogen) atoms. The first kappa shape index (κ1) is 12.3. The molecule has 0 saturated heterocycles. The summed E-state index contributed by atoms with van der Waals surface area (Å²) in [6.45, 7) is 2.45. The van der Waals surface area contributed by atoms with Crippen molar-refractivity contribution >= 4 is 5.91 Å². The van der Waals surface area contributed by atoms with Gasteiger partial charge in [-0.3, -0.25) is 9.48 Å². The Morgan fingerprint density at radius 2 is 2.22 bits per heavy atom. The standard InChI is InChI=1S/C11H16N6O/c1-7-9(3-4-12)11(16(2)15-7)17-6-8(5-14-17)10(13)18/h5-6H,3-4,12H2,1-2H3,(H2,13,18). The third kappa shape index (κ3) is 2.00. The van der Waals surface area contributed by atoms with Crippen LogP contribution in [-0.2, 0) is 13.5 Å². The molecule has 0 aromatic carbocycles. The smallest absolute Gasteiger partial charge is 0.251 e. The second-order valence-electron chi connectivity index (χ2n) is 4.09. The van der Waals surface area contributed by atoms with Crippen molar-refractivity contribution in [3.8, 4) is 5.82 Å². The zero-order valence-electron chi connectivity index (χ0n) is 10.4. The van der Waals surface area contributed by atoms with E-state index in [9.17, 15) is 4.79 Å². The van der Waals surface area contributed by atoms with Gasteiger partial charge in [-0.05, 0) is 19.9 Å². The van der Waals surface area contributed by atoms with Crippen LogP contribution >= 0.6 is 0 Å². The highest BCUT2D eigenvalue weighted by Gasteiger charge is 2.16. The lowest BCUT2D eigenvalue weighted by atomic mass is 10.2. The van der Waals surface area contributed by atoms with Gasteiger partial charge in [0.25, 0.3) is 5.91 Å². The molecule has 7 heteroatoms. The Morgan fingerprint density at radius 3 is 2.78 bits per heavy atom. The number of hydrogen-bond donors (Lipinski definition) is 2. The molecule has 0 fully saturated rings. The van der Waals surface area contributed by atoms with Crippen molar-refractivity contribution in [3.63, 3.8) is 0 Å². The van der Waals surface area contributed by atoms with E-state index in [1.807, 2.05) is 14.0 Å². The summed E-state index contributed by atoms with van der Waals surface area (Å²) < 4.78 is 3.32. The number of carbonyl (C=O) groups excluding carboxylic acids is 1. The fraction of sp³-hybridized carbons (Fsp3) is 0.364. The summed E-state index contributed by atoms with van der Waals surface area (Å²) in [5, 5.41) is 8.48. The van der Waals surface area contributed by atoms with E-state index in [4.69, 9.17) is 11.5 Å². The van der Waals surface area contributed by atoms with Crippen LogP contribution in [0.3, 0.4) is 0 Å². The second kappa shape index (κ2) is 4.61. The van der Waals surface area contributed by atoms with Crippen LogP contribution in [0.25, 0.3) is 5.82 Å².